The first kappa shape index (κ1) is 10.8. The van der Waals surface area contributed by atoms with Crippen LogP contribution in [-0.4, -0.2) is 41.8 Å². The van der Waals surface area contributed by atoms with Crippen LogP contribution in [-0.2, 0) is 0 Å². The van der Waals surface area contributed by atoms with Gasteiger partial charge in [0, 0.05) is 24.6 Å². The number of nitrogens with one attached hydrogen (secondary N) is 1. The molecule has 1 aromatic rings. The SMILES string of the molecule is CNC(C)c1nnc(N2CCSCC2)o1. The minimum absolute atomic E-state index is 0.116. The zero-order valence-corrected chi connectivity index (χ0v) is 9.88. The predicted octanol–water partition coefficient (Wildman–Crippen LogP) is 0.903. The highest BCUT2D eigenvalue weighted by atomic mass is 32.2. The first-order valence-corrected chi connectivity index (χ1v) is 6.30. The molecule has 1 aromatic heterocycles. The van der Waals surface area contributed by atoms with Gasteiger partial charge in [0.1, 0.15) is 0 Å². The molecule has 0 amide bonds. The maximum absolute atomic E-state index is 5.61. The quantitative estimate of drug-likeness (QED) is 0.829. The lowest BCUT2D eigenvalue weighted by molar-refractivity contribution is 0.431. The molecule has 1 unspecified atom stereocenters. The van der Waals surface area contributed by atoms with E-state index >= 15 is 0 Å². The summed E-state index contributed by atoms with van der Waals surface area (Å²) in [4.78, 5) is 2.15. The number of hydrogen-bond acceptors (Lipinski definition) is 6. The largest absolute Gasteiger partial charge is 0.406 e. The molecule has 0 radical (unpaired) electrons. The lowest BCUT2D eigenvalue weighted by Gasteiger charge is -2.23. The molecule has 0 aliphatic carbocycles. The van der Waals surface area contributed by atoms with Crippen molar-refractivity contribution in [3.8, 4) is 0 Å². The van der Waals surface area contributed by atoms with Crippen LogP contribution in [0.1, 0.15) is 18.9 Å². The van der Waals surface area contributed by atoms with Gasteiger partial charge in [-0.1, -0.05) is 5.10 Å². The first-order valence-electron chi connectivity index (χ1n) is 5.14. The van der Waals surface area contributed by atoms with Crippen molar-refractivity contribution in [1.82, 2.24) is 15.5 Å². The van der Waals surface area contributed by atoms with Gasteiger partial charge in [0.15, 0.2) is 0 Å². The average Bonchev–Trinajstić information content (AvgIpc) is 2.78. The summed E-state index contributed by atoms with van der Waals surface area (Å²) in [6.45, 7) is 4.00. The zero-order valence-electron chi connectivity index (χ0n) is 9.06. The smallest absolute Gasteiger partial charge is 0.318 e. The summed E-state index contributed by atoms with van der Waals surface area (Å²) < 4.78 is 5.61. The molecule has 0 aromatic carbocycles. The third kappa shape index (κ3) is 2.43. The highest BCUT2D eigenvalue weighted by molar-refractivity contribution is 7.99. The Morgan fingerprint density at radius 3 is 2.80 bits per heavy atom. The van der Waals surface area contributed by atoms with E-state index in [1.807, 2.05) is 25.7 Å². The Labute approximate surface area is 93.6 Å². The number of nitrogens with zero attached hydrogens (tertiary/aromatic N) is 3. The molecule has 2 heterocycles. The van der Waals surface area contributed by atoms with Crippen LogP contribution >= 0.6 is 11.8 Å². The van der Waals surface area contributed by atoms with Crippen LogP contribution in [0.3, 0.4) is 0 Å². The molecule has 1 aliphatic heterocycles. The van der Waals surface area contributed by atoms with Gasteiger partial charge in [-0.2, -0.15) is 11.8 Å². The zero-order chi connectivity index (χ0) is 10.7. The molecular weight excluding hydrogens is 212 g/mol. The van der Waals surface area contributed by atoms with E-state index in [0.29, 0.717) is 11.9 Å². The predicted molar refractivity (Wildman–Crippen MR) is 61.3 cm³/mol. The number of anilines is 1. The van der Waals surface area contributed by atoms with E-state index in [0.717, 1.165) is 24.6 Å². The van der Waals surface area contributed by atoms with Crippen molar-refractivity contribution < 1.29 is 4.42 Å². The molecule has 1 atom stereocenters. The Kier molecular flexibility index (Phi) is 3.48. The number of thioether (sulfide) groups is 1. The molecule has 1 saturated heterocycles. The fourth-order valence-electron chi connectivity index (χ4n) is 1.41. The second-order valence-electron chi connectivity index (χ2n) is 3.53. The highest BCUT2D eigenvalue weighted by Crippen LogP contribution is 2.20. The maximum atomic E-state index is 5.61. The summed E-state index contributed by atoms with van der Waals surface area (Å²) in [6.07, 6.45) is 0. The summed E-state index contributed by atoms with van der Waals surface area (Å²) in [7, 11) is 1.88. The average molecular weight is 228 g/mol. The first-order chi connectivity index (χ1) is 7.31. The van der Waals surface area contributed by atoms with Gasteiger partial charge in [0.25, 0.3) is 0 Å². The van der Waals surface area contributed by atoms with Crippen LogP contribution in [0.15, 0.2) is 4.42 Å². The minimum Gasteiger partial charge on any atom is -0.406 e. The van der Waals surface area contributed by atoms with Gasteiger partial charge in [-0.3, -0.25) is 0 Å². The van der Waals surface area contributed by atoms with Gasteiger partial charge in [0.2, 0.25) is 5.89 Å². The van der Waals surface area contributed by atoms with Crippen LogP contribution < -0.4 is 10.2 Å². The molecule has 5 nitrogen and oxygen atoms in total. The molecule has 1 N–H and O–H groups in total. The summed E-state index contributed by atoms with van der Waals surface area (Å²) in [6, 6.07) is 0.776. The lowest BCUT2D eigenvalue weighted by Crippen LogP contribution is -2.32. The normalized spacial score (nSPS) is 19.2. The van der Waals surface area contributed by atoms with E-state index < -0.39 is 0 Å². The van der Waals surface area contributed by atoms with Crippen molar-refractivity contribution in [2.45, 2.75) is 13.0 Å². The molecule has 6 heteroatoms. The third-order valence-corrected chi connectivity index (χ3v) is 3.46. The Morgan fingerprint density at radius 1 is 1.40 bits per heavy atom. The molecule has 2 rings (SSSR count). The third-order valence-electron chi connectivity index (χ3n) is 2.52. The standard InChI is InChI=1S/C9H16N4OS/c1-7(10-2)8-11-12-9(14-8)13-3-5-15-6-4-13/h7,10H,3-6H2,1-2H3. The topological polar surface area (TPSA) is 54.2 Å². The van der Waals surface area contributed by atoms with Gasteiger partial charge in [0.05, 0.1) is 6.04 Å². The molecular formula is C9H16N4OS. The van der Waals surface area contributed by atoms with Gasteiger partial charge >= 0.3 is 6.01 Å². The van der Waals surface area contributed by atoms with E-state index in [4.69, 9.17) is 4.42 Å². The molecule has 1 fully saturated rings. The van der Waals surface area contributed by atoms with E-state index in [-0.39, 0.29) is 6.04 Å². The van der Waals surface area contributed by atoms with Crippen LogP contribution in [0.25, 0.3) is 0 Å². The van der Waals surface area contributed by atoms with Crippen molar-refractivity contribution in [3.63, 3.8) is 0 Å². The Hall–Kier alpha value is -0.750. The van der Waals surface area contributed by atoms with Crippen molar-refractivity contribution >= 4 is 17.8 Å². The van der Waals surface area contributed by atoms with Gasteiger partial charge in [-0.25, -0.2) is 0 Å². The highest BCUT2D eigenvalue weighted by Gasteiger charge is 2.18. The van der Waals surface area contributed by atoms with Gasteiger partial charge in [-0.15, -0.1) is 5.10 Å². The second-order valence-corrected chi connectivity index (χ2v) is 4.76. The van der Waals surface area contributed by atoms with E-state index in [9.17, 15) is 0 Å². The van der Waals surface area contributed by atoms with Crippen LogP contribution in [0.4, 0.5) is 6.01 Å². The summed E-state index contributed by atoms with van der Waals surface area (Å²) in [5.74, 6) is 2.93. The fourth-order valence-corrected chi connectivity index (χ4v) is 2.31. The molecule has 0 spiro atoms. The van der Waals surface area contributed by atoms with Crippen molar-refractivity contribution in [2.24, 2.45) is 0 Å². The Morgan fingerprint density at radius 2 is 2.13 bits per heavy atom. The molecule has 15 heavy (non-hydrogen) atoms. The van der Waals surface area contributed by atoms with Crippen molar-refractivity contribution in [2.75, 3.05) is 36.5 Å². The number of aromatic nitrogens is 2. The van der Waals surface area contributed by atoms with E-state index in [2.05, 4.69) is 20.4 Å². The number of rotatable bonds is 3. The summed E-state index contributed by atoms with van der Waals surface area (Å²) in [5, 5.41) is 11.2. The lowest BCUT2D eigenvalue weighted by atomic mass is 10.3. The Balaban J connectivity index is 2.05. The van der Waals surface area contributed by atoms with Gasteiger partial charge < -0.3 is 14.6 Å². The van der Waals surface area contributed by atoms with Crippen LogP contribution in [0, 0.1) is 0 Å². The fraction of sp³-hybridized carbons (Fsp3) is 0.778. The van der Waals surface area contributed by atoms with Crippen molar-refractivity contribution in [3.05, 3.63) is 5.89 Å². The van der Waals surface area contributed by atoms with Gasteiger partial charge in [-0.05, 0) is 14.0 Å². The molecule has 0 saturated carbocycles. The van der Waals surface area contributed by atoms with E-state index in [1.165, 1.54) is 0 Å². The van der Waals surface area contributed by atoms with E-state index in [1.54, 1.807) is 0 Å². The van der Waals surface area contributed by atoms with Crippen molar-refractivity contribution in [1.29, 1.82) is 0 Å². The molecule has 84 valence electrons. The molecule has 1 aliphatic rings. The monoisotopic (exact) mass is 228 g/mol. The summed E-state index contributed by atoms with van der Waals surface area (Å²) >= 11 is 1.97. The van der Waals surface area contributed by atoms with Crippen LogP contribution in [0.5, 0.6) is 0 Å². The minimum atomic E-state index is 0.116. The molecule has 0 bridgehead atoms. The summed E-state index contributed by atoms with van der Waals surface area (Å²) in [5.41, 5.74) is 0. The van der Waals surface area contributed by atoms with Crippen LogP contribution in [0.2, 0.25) is 0 Å². The Bertz CT molecular complexity index is 311. The maximum Gasteiger partial charge on any atom is 0.318 e. The second kappa shape index (κ2) is 4.85. The number of hydrogen-bond donors (Lipinski definition) is 1.